The molecule has 1 amide bonds. The van der Waals surface area contributed by atoms with Crippen LogP contribution in [-0.2, 0) is 0 Å². The average molecular weight is 373 g/mol. The van der Waals surface area contributed by atoms with Gasteiger partial charge in [0.25, 0.3) is 5.91 Å². The lowest BCUT2D eigenvalue weighted by atomic mass is 10.0. The van der Waals surface area contributed by atoms with Crippen LogP contribution < -0.4 is 15.8 Å². The van der Waals surface area contributed by atoms with E-state index in [0.717, 1.165) is 16.8 Å². The fraction of sp³-hybridized carbons (Fsp3) is 0.0952. The molecule has 4 rings (SSSR count). The first-order chi connectivity index (χ1) is 13.6. The van der Waals surface area contributed by atoms with Gasteiger partial charge in [-0.1, -0.05) is 36.4 Å². The van der Waals surface area contributed by atoms with Crippen molar-refractivity contribution in [2.24, 2.45) is 0 Å². The smallest absolute Gasteiger partial charge is 0.251 e. The molecule has 0 fully saturated rings. The Balaban J connectivity index is 1.96. The van der Waals surface area contributed by atoms with Crippen molar-refractivity contribution in [2.45, 2.75) is 0 Å². The highest BCUT2D eigenvalue weighted by atomic mass is 16.5. The highest BCUT2D eigenvalue weighted by Crippen LogP contribution is 2.33. The van der Waals surface area contributed by atoms with Gasteiger partial charge in [-0.2, -0.15) is 5.10 Å². The number of nitrogen functional groups attached to an aromatic ring is 1. The second kappa shape index (κ2) is 7.03. The van der Waals surface area contributed by atoms with E-state index in [4.69, 9.17) is 10.5 Å². The van der Waals surface area contributed by atoms with Crippen LogP contribution in [0.3, 0.4) is 0 Å². The van der Waals surface area contributed by atoms with Crippen LogP contribution >= 0.6 is 0 Å². The van der Waals surface area contributed by atoms with Crippen molar-refractivity contribution in [1.82, 2.24) is 20.5 Å². The van der Waals surface area contributed by atoms with E-state index in [2.05, 4.69) is 20.5 Å². The first-order valence-electron chi connectivity index (χ1n) is 8.73. The summed E-state index contributed by atoms with van der Waals surface area (Å²) in [4.78, 5) is 17.3. The summed E-state index contributed by atoms with van der Waals surface area (Å²) in [6.45, 7) is 0. The Morgan fingerprint density at radius 3 is 2.61 bits per heavy atom. The first-order valence-corrected chi connectivity index (χ1v) is 8.73. The Hall–Kier alpha value is -3.87. The third-order valence-electron chi connectivity index (χ3n) is 4.59. The number of benzene rings is 2. The van der Waals surface area contributed by atoms with Crippen molar-refractivity contribution < 1.29 is 9.53 Å². The predicted molar refractivity (Wildman–Crippen MR) is 109 cm³/mol. The van der Waals surface area contributed by atoms with Gasteiger partial charge in [-0.05, 0) is 18.2 Å². The van der Waals surface area contributed by atoms with Crippen molar-refractivity contribution in [3.8, 4) is 28.3 Å². The fourth-order valence-corrected chi connectivity index (χ4v) is 3.17. The van der Waals surface area contributed by atoms with Crippen LogP contribution in [0.15, 0.2) is 54.6 Å². The zero-order valence-electron chi connectivity index (χ0n) is 15.5. The van der Waals surface area contributed by atoms with E-state index >= 15 is 0 Å². The zero-order valence-corrected chi connectivity index (χ0v) is 15.5. The fourth-order valence-electron chi connectivity index (χ4n) is 3.17. The Morgan fingerprint density at radius 2 is 1.89 bits per heavy atom. The number of H-pyrrole nitrogens is 1. The molecule has 0 unspecified atom stereocenters. The summed E-state index contributed by atoms with van der Waals surface area (Å²) in [5, 5.41) is 10.7. The number of aromatic nitrogens is 3. The zero-order chi connectivity index (χ0) is 19.7. The van der Waals surface area contributed by atoms with Gasteiger partial charge in [0.1, 0.15) is 5.75 Å². The number of nitrogens with zero attached hydrogens (tertiary/aromatic N) is 2. The molecular weight excluding hydrogens is 354 g/mol. The summed E-state index contributed by atoms with van der Waals surface area (Å²) in [7, 11) is 3.16. The number of carbonyl (C=O) groups excluding carboxylic acids is 1. The van der Waals surface area contributed by atoms with Crippen LogP contribution in [0, 0.1) is 0 Å². The third-order valence-corrected chi connectivity index (χ3v) is 4.59. The minimum Gasteiger partial charge on any atom is -0.495 e. The Bertz CT molecular complexity index is 1170. The largest absolute Gasteiger partial charge is 0.495 e. The summed E-state index contributed by atoms with van der Waals surface area (Å²) in [6.07, 6.45) is 0. The van der Waals surface area contributed by atoms with Crippen molar-refractivity contribution in [1.29, 1.82) is 0 Å². The standard InChI is InChI=1S/C21H19N5O2/c1-23-21(27)14-11-16(13-8-9-15(22)17(10-13)28-2)24-20-18(14)19(25-26-20)12-6-4-3-5-7-12/h3-11H,22H2,1-2H3,(H,23,27)(H,24,25,26). The highest BCUT2D eigenvalue weighted by molar-refractivity contribution is 6.10. The van der Waals surface area contributed by atoms with E-state index in [0.29, 0.717) is 33.7 Å². The summed E-state index contributed by atoms with van der Waals surface area (Å²) in [6, 6.07) is 16.9. The van der Waals surface area contributed by atoms with E-state index in [-0.39, 0.29) is 5.91 Å². The molecule has 7 nitrogen and oxygen atoms in total. The number of hydrogen-bond donors (Lipinski definition) is 3. The van der Waals surface area contributed by atoms with Gasteiger partial charge < -0.3 is 15.8 Å². The molecule has 28 heavy (non-hydrogen) atoms. The highest BCUT2D eigenvalue weighted by Gasteiger charge is 2.20. The number of nitrogens with one attached hydrogen (secondary N) is 2. The normalized spacial score (nSPS) is 10.8. The maximum Gasteiger partial charge on any atom is 0.251 e. The molecule has 2 aromatic heterocycles. The van der Waals surface area contributed by atoms with Crippen molar-refractivity contribution >= 4 is 22.6 Å². The number of pyridine rings is 1. The lowest BCUT2D eigenvalue weighted by Crippen LogP contribution is -2.18. The van der Waals surface area contributed by atoms with Crippen LogP contribution in [-0.4, -0.2) is 35.2 Å². The van der Waals surface area contributed by atoms with Gasteiger partial charge in [0.2, 0.25) is 0 Å². The van der Waals surface area contributed by atoms with Gasteiger partial charge in [0.15, 0.2) is 5.65 Å². The van der Waals surface area contributed by atoms with E-state index in [1.165, 1.54) is 0 Å². The quantitative estimate of drug-likeness (QED) is 0.476. The molecule has 4 aromatic rings. The van der Waals surface area contributed by atoms with E-state index < -0.39 is 0 Å². The predicted octanol–water partition coefficient (Wildman–Crippen LogP) is 3.24. The number of rotatable bonds is 4. The Labute approximate surface area is 161 Å². The van der Waals surface area contributed by atoms with E-state index in [1.807, 2.05) is 36.4 Å². The number of aromatic amines is 1. The number of fused-ring (bicyclic) bond motifs is 1. The van der Waals surface area contributed by atoms with Crippen molar-refractivity contribution in [3.63, 3.8) is 0 Å². The van der Waals surface area contributed by atoms with Crippen LogP contribution in [0.25, 0.3) is 33.5 Å². The minimum atomic E-state index is -0.213. The molecule has 2 aromatic carbocycles. The number of anilines is 1. The van der Waals surface area contributed by atoms with Crippen LogP contribution in [0.5, 0.6) is 5.75 Å². The van der Waals surface area contributed by atoms with Crippen molar-refractivity contribution in [3.05, 3.63) is 60.2 Å². The molecule has 0 bridgehead atoms. The molecule has 0 radical (unpaired) electrons. The number of carbonyl (C=O) groups is 1. The SMILES string of the molecule is CNC(=O)c1cc(-c2ccc(N)c(OC)c2)nc2n[nH]c(-c3ccccc3)c12. The first kappa shape index (κ1) is 17.5. The molecule has 0 saturated carbocycles. The van der Waals surface area contributed by atoms with Gasteiger partial charge in [-0.15, -0.1) is 0 Å². The summed E-state index contributed by atoms with van der Waals surface area (Å²) in [5.74, 6) is 0.336. The molecule has 0 aliphatic rings. The second-order valence-electron chi connectivity index (χ2n) is 6.25. The molecule has 0 atom stereocenters. The Kier molecular flexibility index (Phi) is 4.41. The van der Waals surface area contributed by atoms with E-state index in [9.17, 15) is 4.79 Å². The lowest BCUT2D eigenvalue weighted by Gasteiger charge is -2.10. The molecule has 140 valence electrons. The maximum absolute atomic E-state index is 12.6. The van der Waals surface area contributed by atoms with Gasteiger partial charge in [0, 0.05) is 18.2 Å². The molecular formula is C21H19N5O2. The summed E-state index contributed by atoms with van der Waals surface area (Å²) >= 11 is 0. The molecule has 0 aliphatic carbocycles. The molecule has 7 heteroatoms. The molecule has 0 spiro atoms. The number of amides is 1. The number of ether oxygens (including phenoxy) is 1. The van der Waals surface area contributed by atoms with Crippen molar-refractivity contribution in [2.75, 3.05) is 19.9 Å². The Morgan fingerprint density at radius 1 is 1.11 bits per heavy atom. The number of hydrogen-bond acceptors (Lipinski definition) is 5. The van der Waals surface area contributed by atoms with E-state index in [1.54, 1.807) is 32.4 Å². The molecule has 0 saturated heterocycles. The third kappa shape index (κ3) is 2.92. The lowest BCUT2D eigenvalue weighted by molar-refractivity contribution is 0.0964. The average Bonchev–Trinajstić information content (AvgIpc) is 3.17. The summed E-state index contributed by atoms with van der Waals surface area (Å²) < 4.78 is 5.30. The van der Waals surface area contributed by atoms with Gasteiger partial charge in [0.05, 0.1) is 35.1 Å². The van der Waals surface area contributed by atoms with Crippen LogP contribution in [0.2, 0.25) is 0 Å². The second-order valence-corrected chi connectivity index (χ2v) is 6.25. The maximum atomic E-state index is 12.6. The number of nitrogens with two attached hydrogens (primary N) is 1. The monoisotopic (exact) mass is 373 g/mol. The molecule has 0 aliphatic heterocycles. The number of methoxy groups -OCH3 is 1. The summed E-state index contributed by atoms with van der Waals surface area (Å²) in [5.41, 5.74) is 10.5. The van der Waals surface area contributed by atoms with Gasteiger partial charge >= 0.3 is 0 Å². The van der Waals surface area contributed by atoms with Crippen LogP contribution in [0.4, 0.5) is 5.69 Å². The van der Waals surface area contributed by atoms with Crippen LogP contribution in [0.1, 0.15) is 10.4 Å². The molecule has 4 N–H and O–H groups in total. The minimum absolute atomic E-state index is 0.213. The van der Waals surface area contributed by atoms with Gasteiger partial charge in [-0.25, -0.2) is 4.98 Å². The topological polar surface area (TPSA) is 106 Å². The van der Waals surface area contributed by atoms with Gasteiger partial charge in [-0.3, -0.25) is 9.89 Å². The molecule has 2 heterocycles.